The van der Waals surface area contributed by atoms with Gasteiger partial charge < -0.3 is 10.1 Å². The number of aromatic amines is 1. The molecule has 18 heavy (non-hydrogen) atoms. The lowest BCUT2D eigenvalue weighted by Crippen LogP contribution is -2.01. The number of carboxylic acid groups (broad SMARTS) is 1. The smallest absolute Gasteiger partial charge is 0.354 e. The highest BCUT2D eigenvalue weighted by Gasteiger charge is 2.12. The fourth-order valence-corrected chi connectivity index (χ4v) is 2.28. The first-order valence-corrected chi connectivity index (χ1v) is 5.69. The average molecular weight is 240 g/mol. The van der Waals surface area contributed by atoms with Crippen LogP contribution < -0.4 is 0 Å². The van der Waals surface area contributed by atoms with Crippen molar-refractivity contribution in [2.45, 2.75) is 13.8 Å². The molecule has 0 bridgehead atoms. The van der Waals surface area contributed by atoms with Crippen LogP contribution in [0.15, 0.2) is 24.3 Å². The van der Waals surface area contributed by atoms with E-state index < -0.39 is 5.97 Å². The summed E-state index contributed by atoms with van der Waals surface area (Å²) in [6.45, 7) is 3.84. The zero-order valence-electron chi connectivity index (χ0n) is 10.1. The standard InChI is InChI=1S/C14H12N2O2/c1-7-3-4-9-10-6-12(14(17)18)15-8(2)13(10)16-11(9)5-7/h3-6,16H,1-2H3,(H,17,18). The molecule has 1 aromatic carbocycles. The number of nitrogens with one attached hydrogen (secondary N) is 1. The van der Waals surface area contributed by atoms with Gasteiger partial charge in [0.25, 0.3) is 0 Å². The molecule has 3 aromatic rings. The molecule has 90 valence electrons. The quantitative estimate of drug-likeness (QED) is 0.687. The van der Waals surface area contributed by atoms with E-state index in [9.17, 15) is 4.79 Å². The third kappa shape index (κ3) is 1.46. The summed E-state index contributed by atoms with van der Waals surface area (Å²) >= 11 is 0. The molecule has 0 radical (unpaired) electrons. The van der Waals surface area contributed by atoms with Crippen LogP contribution in [-0.2, 0) is 0 Å². The zero-order valence-corrected chi connectivity index (χ0v) is 10.1. The summed E-state index contributed by atoms with van der Waals surface area (Å²) in [5.74, 6) is -0.999. The Morgan fingerprint density at radius 1 is 1.22 bits per heavy atom. The van der Waals surface area contributed by atoms with Gasteiger partial charge in [-0.25, -0.2) is 9.78 Å². The van der Waals surface area contributed by atoms with Crippen molar-refractivity contribution < 1.29 is 9.90 Å². The molecule has 0 saturated heterocycles. The number of aryl methyl sites for hydroxylation is 2. The van der Waals surface area contributed by atoms with Gasteiger partial charge in [-0.3, -0.25) is 0 Å². The third-order valence-electron chi connectivity index (χ3n) is 3.14. The Kier molecular flexibility index (Phi) is 2.13. The predicted octanol–water partition coefficient (Wildman–Crippen LogP) is 3.03. The van der Waals surface area contributed by atoms with Crippen molar-refractivity contribution in [2.24, 2.45) is 0 Å². The number of carboxylic acids is 1. The van der Waals surface area contributed by atoms with E-state index in [-0.39, 0.29) is 5.69 Å². The Balaban J connectivity index is 2.47. The lowest BCUT2D eigenvalue weighted by atomic mass is 10.1. The topological polar surface area (TPSA) is 66.0 Å². The summed E-state index contributed by atoms with van der Waals surface area (Å²) in [6.07, 6.45) is 0. The number of hydrogen-bond acceptors (Lipinski definition) is 2. The molecule has 4 nitrogen and oxygen atoms in total. The van der Waals surface area contributed by atoms with Crippen LogP contribution in [0.4, 0.5) is 0 Å². The molecular weight excluding hydrogens is 228 g/mol. The zero-order chi connectivity index (χ0) is 12.9. The van der Waals surface area contributed by atoms with Crippen molar-refractivity contribution >= 4 is 27.8 Å². The maximum atomic E-state index is 11.0. The van der Waals surface area contributed by atoms with Gasteiger partial charge in [0.15, 0.2) is 0 Å². The lowest BCUT2D eigenvalue weighted by Gasteiger charge is -1.99. The second kappa shape index (κ2) is 3.57. The second-order valence-electron chi connectivity index (χ2n) is 4.49. The van der Waals surface area contributed by atoms with E-state index in [1.165, 1.54) is 0 Å². The third-order valence-corrected chi connectivity index (χ3v) is 3.14. The highest BCUT2D eigenvalue weighted by molar-refractivity contribution is 6.09. The minimum atomic E-state index is -0.999. The van der Waals surface area contributed by atoms with Crippen molar-refractivity contribution in [1.29, 1.82) is 0 Å². The molecule has 0 amide bonds. The molecule has 0 saturated carbocycles. The first kappa shape index (κ1) is 10.8. The van der Waals surface area contributed by atoms with Crippen molar-refractivity contribution in [3.8, 4) is 0 Å². The van der Waals surface area contributed by atoms with E-state index in [0.717, 1.165) is 27.4 Å². The van der Waals surface area contributed by atoms with E-state index in [1.807, 2.05) is 26.0 Å². The van der Waals surface area contributed by atoms with Gasteiger partial charge in [0.1, 0.15) is 5.69 Å². The van der Waals surface area contributed by atoms with Gasteiger partial charge in [0, 0.05) is 16.3 Å². The number of pyridine rings is 1. The summed E-state index contributed by atoms with van der Waals surface area (Å²) in [6, 6.07) is 7.70. The van der Waals surface area contributed by atoms with Crippen molar-refractivity contribution in [2.75, 3.05) is 0 Å². The second-order valence-corrected chi connectivity index (χ2v) is 4.49. The molecule has 0 unspecified atom stereocenters. The van der Waals surface area contributed by atoms with Gasteiger partial charge in [0.05, 0.1) is 11.2 Å². The summed E-state index contributed by atoms with van der Waals surface area (Å²) in [4.78, 5) is 18.4. The van der Waals surface area contributed by atoms with Crippen molar-refractivity contribution in [1.82, 2.24) is 9.97 Å². The van der Waals surface area contributed by atoms with Gasteiger partial charge in [-0.1, -0.05) is 12.1 Å². The Hall–Kier alpha value is -2.36. The Labute approximate surface area is 103 Å². The Morgan fingerprint density at radius 2 is 2.00 bits per heavy atom. The Morgan fingerprint density at radius 3 is 2.72 bits per heavy atom. The van der Waals surface area contributed by atoms with Gasteiger partial charge in [0.2, 0.25) is 0 Å². The first-order valence-electron chi connectivity index (χ1n) is 5.69. The number of carbonyl (C=O) groups is 1. The predicted molar refractivity (Wildman–Crippen MR) is 70.0 cm³/mol. The van der Waals surface area contributed by atoms with Crippen LogP contribution in [0.3, 0.4) is 0 Å². The minimum absolute atomic E-state index is 0.0847. The van der Waals surface area contributed by atoms with Gasteiger partial charge in [-0.2, -0.15) is 0 Å². The van der Waals surface area contributed by atoms with Crippen LogP contribution in [0.25, 0.3) is 21.8 Å². The molecule has 2 aromatic heterocycles. The van der Waals surface area contributed by atoms with Crippen LogP contribution in [0.5, 0.6) is 0 Å². The number of H-pyrrole nitrogens is 1. The summed E-state index contributed by atoms with van der Waals surface area (Å²) in [5, 5.41) is 11.0. The fraction of sp³-hybridized carbons (Fsp3) is 0.143. The van der Waals surface area contributed by atoms with Gasteiger partial charge >= 0.3 is 5.97 Å². The number of aromatic carboxylic acids is 1. The number of nitrogens with zero attached hydrogens (tertiary/aromatic N) is 1. The molecule has 0 aliphatic carbocycles. The van der Waals surface area contributed by atoms with E-state index in [4.69, 9.17) is 5.11 Å². The average Bonchev–Trinajstić information content (AvgIpc) is 2.67. The van der Waals surface area contributed by atoms with E-state index in [0.29, 0.717) is 5.69 Å². The van der Waals surface area contributed by atoms with E-state index in [1.54, 1.807) is 6.07 Å². The van der Waals surface area contributed by atoms with Crippen LogP contribution in [0.2, 0.25) is 0 Å². The molecule has 0 atom stereocenters. The van der Waals surface area contributed by atoms with Crippen LogP contribution in [0.1, 0.15) is 21.7 Å². The monoisotopic (exact) mass is 240 g/mol. The molecule has 0 aliphatic rings. The van der Waals surface area contributed by atoms with E-state index >= 15 is 0 Å². The normalized spacial score (nSPS) is 11.2. The molecule has 0 aliphatic heterocycles. The van der Waals surface area contributed by atoms with Crippen molar-refractivity contribution in [3.63, 3.8) is 0 Å². The summed E-state index contributed by atoms with van der Waals surface area (Å²) < 4.78 is 0. The maximum absolute atomic E-state index is 11.0. The lowest BCUT2D eigenvalue weighted by molar-refractivity contribution is 0.0690. The molecule has 4 heteroatoms. The molecule has 0 fully saturated rings. The van der Waals surface area contributed by atoms with Crippen LogP contribution >= 0.6 is 0 Å². The number of rotatable bonds is 1. The SMILES string of the molecule is Cc1ccc2c(c1)[nH]c1c(C)nc(C(=O)O)cc12. The first-order chi connectivity index (χ1) is 8.56. The molecule has 0 spiro atoms. The number of benzene rings is 1. The molecule has 2 N–H and O–H groups in total. The highest BCUT2D eigenvalue weighted by atomic mass is 16.4. The molecule has 3 rings (SSSR count). The maximum Gasteiger partial charge on any atom is 0.354 e. The largest absolute Gasteiger partial charge is 0.477 e. The highest BCUT2D eigenvalue weighted by Crippen LogP contribution is 2.28. The number of aromatic nitrogens is 2. The Bertz CT molecular complexity index is 787. The number of hydrogen-bond donors (Lipinski definition) is 2. The minimum Gasteiger partial charge on any atom is -0.477 e. The summed E-state index contributed by atoms with van der Waals surface area (Å²) in [5.41, 5.74) is 3.87. The summed E-state index contributed by atoms with van der Waals surface area (Å²) in [7, 11) is 0. The van der Waals surface area contributed by atoms with E-state index in [2.05, 4.69) is 16.0 Å². The van der Waals surface area contributed by atoms with Crippen LogP contribution in [0, 0.1) is 13.8 Å². The fourth-order valence-electron chi connectivity index (χ4n) is 2.28. The van der Waals surface area contributed by atoms with Crippen LogP contribution in [-0.4, -0.2) is 21.0 Å². The molecule has 2 heterocycles. The van der Waals surface area contributed by atoms with Gasteiger partial charge in [-0.05, 0) is 31.5 Å². The van der Waals surface area contributed by atoms with Gasteiger partial charge in [-0.15, -0.1) is 0 Å². The number of fused-ring (bicyclic) bond motifs is 3. The molecular formula is C14H12N2O2. The van der Waals surface area contributed by atoms with Crippen molar-refractivity contribution in [3.05, 3.63) is 41.2 Å².